The van der Waals surface area contributed by atoms with Crippen LogP contribution in [0.3, 0.4) is 0 Å². The van der Waals surface area contributed by atoms with E-state index in [9.17, 15) is 0 Å². The van der Waals surface area contributed by atoms with Crippen LogP contribution in [-0.4, -0.2) is 11.5 Å². The van der Waals surface area contributed by atoms with Crippen molar-refractivity contribution in [3.05, 3.63) is 42.7 Å². The summed E-state index contributed by atoms with van der Waals surface area (Å²) in [5.41, 5.74) is 1.31. The first-order valence-corrected chi connectivity index (χ1v) is 5.12. The molecule has 1 unspecified atom stereocenters. The molecular weight excluding hydrogens is 172 g/mol. The molecule has 2 heteroatoms. The average Bonchev–Trinajstić information content (AvgIpc) is 2.25. The van der Waals surface area contributed by atoms with Gasteiger partial charge in [0.25, 0.3) is 0 Å². The lowest BCUT2D eigenvalue weighted by atomic mass is 10.0. The van der Waals surface area contributed by atoms with E-state index in [1.165, 1.54) is 5.56 Å². The zero-order valence-corrected chi connectivity index (χ0v) is 8.74. The van der Waals surface area contributed by atoms with Gasteiger partial charge < -0.3 is 5.32 Å². The second-order valence-electron chi connectivity index (χ2n) is 3.26. The van der Waals surface area contributed by atoms with Gasteiger partial charge in [-0.05, 0) is 37.1 Å². The van der Waals surface area contributed by atoms with Crippen LogP contribution in [-0.2, 0) is 0 Å². The Labute approximate surface area is 86.1 Å². The van der Waals surface area contributed by atoms with Crippen molar-refractivity contribution in [2.45, 2.75) is 25.8 Å². The van der Waals surface area contributed by atoms with Crippen LogP contribution >= 0.6 is 0 Å². The van der Waals surface area contributed by atoms with Crippen LogP contribution in [0, 0.1) is 0 Å². The maximum Gasteiger partial charge on any atom is 0.0324 e. The van der Waals surface area contributed by atoms with Crippen molar-refractivity contribution in [2.75, 3.05) is 6.54 Å². The molecule has 76 valence electrons. The fourth-order valence-corrected chi connectivity index (χ4v) is 1.51. The molecule has 1 atom stereocenters. The fourth-order valence-electron chi connectivity index (χ4n) is 1.51. The molecule has 1 aromatic heterocycles. The molecule has 0 saturated carbocycles. The van der Waals surface area contributed by atoms with Crippen LogP contribution in [0.1, 0.15) is 31.4 Å². The molecular formula is C12H18N2. The molecule has 14 heavy (non-hydrogen) atoms. The summed E-state index contributed by atoms with van der Waals surface area (Å²) in [6, 6.07) is 4.56. The molecule has 1 aromatic rings. The van der Waals surface area contributed by atoms with Gasteiger partial charge in [-0.25, -0.2) is 0 Å². The first kappa shape index (κ1) is 10.9. The molecule has 0 aliphatic carbocycles. The van der Waals surface area contributed by atoms with E-state index in [2.05, 4.69) is 35.9 Å². The number of hydrogen-bond acceptors (Lipinski definition) is 2. The molecule has 0 saturated heterocycles. The van der Waals surface area contributed by atoms with Crippen molar-refractivity contribution in [3.8, 4) is 0 Å². The molecule has 1 heterocycles. The van der Waals surface area contributed by atoms with E-state index in [1.807, 2.05) is 18.5 Å². The van der Waals surface area contributed by atoms with Crippen molar-refractivity contribution < 1.29 is 0 Å². The summed E-state index contributed by atoms with van der Waals surface area (Å²) in [6.07, 6.45) is 7.79. The summed E-state index contributed by atoms with van der Waals surface area (Å²) >= 11 is 0. The predicted molar refractivity (Wildman–Crippen MR) is 60.1 cm³/mol. The van der Waals surface area contributed by atoms with Crippen LogP contribution in [0.2, 0.25) is 0 Å². The minimum Gasteiger partial charge on any atom is -0.310 e. The molecule has 0 spiro atoms. The third kappa shape index (κ3) is 3.30. The monoisotopic (exact) mass is 190 g/mol. The van der Waals surface area contributed by atoms with Gasteiger partial charge in [0.15, 0.2) is 0 Å². The second kappa shape index (κ2) is 6.33. The zero-order valence-electron chi connectivity index (χ0n) is 8.74. The number of nitrogens with zero attached hydrogens (tertiary/aromatic N) is 1. The normalized spacial score (nSPS) is 12.4. The largest absolute Gasteiger partial charge is 0.310 e. The summed E-state index contributed by atoms with van der Waals surface area (Å²) in [5, 5.41) is 3.46. The van der Waals surface area contributed by atoms with Gasteiger partial charge in [0.2, 0.25) is 0 Å². The van der Waals surface area contributed by atoms with Crippen LogP contribution in [0.5, 0.6) is 0 Å². The number of hydrogen-bond donors (Lipinski definition) is 1. The van der Waals surface area contributed by atoms with Crippen molar-refractivity contribution in [1.29, 1.82) is 0 Å². The Bertz CT molecular complexity index is 256. The highest BCUT2D eigenvalue weighted by Crippen LogP contribution is 2.17. The molecule has 0 aliphatic rings. The van der Waals surface area contributed by atoms with Gasteiger partial charge in [-0.1, -0.05) is 13.0 Å². The van der Waals surface area contributed by atoms with Crippen LogP contribution in [0.25, 0.3) is 0 Å². The lowest BCUT2D eigenvalue weighted by Gasteiger charge is -2.17. The third-order valence-electron chi connectivity index (χ3n) is 2.22. The molecule has 0 amide bonds. The Balaban J connectivity index is 2.62. The number of aromatic nitrogens is 1. The van der Waals surface area contributed by atoms with E-state index in [4.69, 9.17) is 0 Å². The van der Waals surface area contributed by atoms with Crippen molar-refractivity contribution in [3.63, 3.8) is 0 Å². The fraction of sp³-hybridized carbons (Fsp3) is 0.417. The van der Waals surface area contributed by atoms with E-state index < -0.39 is 0 Å². The van der Waals surface area contributed by atoms with Crippen LogP contribution in [0.15, 0.2) is 37.2 Å². The Kier molecular flexibility index (Phi) is 4.94. The van der Waals surface area contributed by atoms with E-state index >= 15 is 0 Å². The molecule has 0 aromatic carbocycles. The first-order chi connectivity index (χ1) is 6.88. The maximum absolute atomic E-state index is 4.02. The van der Waals surface area contributed by atoms with Gasteiger partial charge in [-0.3, -0.25) is 4.98 Å². The van der Waals surface area contributed by atoms with Crippen LogP contribution < -0.4 is 5.32 Å². The molecule has 2 nitrogen and oxygen atoms in total. The van der Waals surface area contributed by atoms with Crippen molar-refractivity contribution in [1.82, 2.24) is 10.3 Å². The third-order valence-corrected chi connectivity index (χ3v) is 2.22. The number of pyridine rings is 1. The molecule has 0 fully saturated rings. The number of rotatable bonds is 6. The zero-order chi connectivity index (χ0) is 10.2. The standard InChI is InChI=1S/C12H18N2/c1-3-5-6-12(14-4-2)11-7-9-13-10-8-11/h3,7-10,12,14H,1,4-6H2,2H3. The summed E-state index contributed by atoms with van der Waals surface area (Å²) in [5.74, 6) is 0. The Hall–Kier alpha value is -1.15. The van der Waals surface area contributed by atoms with Gasteiger partial charge in [-0.15, -0.1) is 6.58 Å². The summed E-state index contributed by atoms with van der Waals surface area (Å²) in [7, 11) is 0. The van der Waals surface area contributed by atoms with E-state index in [0.717, 1.165) is 19.4 Å². The smallest absolute Gasteiger partial charge is 0.0324 e. The Morgan fingerprint density at radius 1 is 1.50 bits per heavy atom. The minimum atomic E-state index is 0.431. The quantitative estimate of drug-likeness (QED) is 0.698. The lowest BCUT2D eigenvalue weighted by Crippen LogP contribution is -2.20. The summed E-state index contributed by atoms with van der Waals surface area (Å²) in [4.78, 5) is 4.02. The van der Waals surface area contributed by atoms with Crippen molar-refractivity contribution >= 4 is 0 Å². The highest BCUT2D eigenvalue weighted by molar-refractivity contribution is 5.14. The van der Waals surface area contributed by atoms with Gasteiger partial charge >= 0.3 is 0 Å². The highest BCUT2D eigenvalue weighted by atomic mass is 14.9. The lowest BCUT2D eigenvalue weighted by molar-refractivity contribution is 0.519. The number of allylic oxidation sites excluding steroid dienone is 1. The first-order valence-electron chi connectivity index (χ1n) is 5.12. The van der Waals surface area contributed by atoms with E-state index in [-0.39, 0.29) is 0 Å². The number of nitrogens with one attached hydrogen (secondary N) is 1. The van der Waals surface area contributed by atoms with Crippen LogP contribution in [0.4, 0.5) is 0 Å². The van der Waals surface area contributed by atoms with Gasteiger partial charge in [0.1, 0.15) is 0 Å². The van der Waals surface area contributed by atoms with E-state index in [1.54, 1.807) is 0 Å². The molecule has 0 radical (unpaired) electrons. The summed E-state index contributed by atoms with van der Waals surface area (Å²) < 4.78 is 0. The molecule has 1 rings (SSSR count). The SMILES string of the molecule is C=CCCC(NCC)c1ccncc1. The Morgan fingerprint density at radius 2 is 2.21 bits per heavy atom. The molecule has 0 bridgehead atoms. The van der Waals surface area contributed by atoms with Gasteiger partial charge in [-0.2, -0.15) is 0 Å². The minimum absolute atomic E-state index is 0.431. The molecule has 0 aliphatic heterocycles. The predicted octanol–water partition coefficient (Wildman–Crippen LogP) is 2.70. The van der Waals surface area contributed by atoms with Crippen molar-refractivity contribution in [2.24, 2.45) is 0 Å². The molecule has 1 N–H and O–H groups in total. The average molecular weight is 190 g/mol. The second-order valence-corrected chi connectivity index (χ2v) is 3.26. The summed E-state index contributed by atoms with van der Waals surface area (Å²) in [6.45, 7) is 6.86. The topological polar surface area (TPSA) is 24.9 Å². The maximum atomic E-state index is 4.02. The van der Waals surface area contributed by atoms with E-state index in [0.29, 0.717) is 6.04 Å². The van der Waals surface area contributed by atoms with Gasteiger partial charge in [0, 0.05) is 18.4 Å². The highest BCUT2D eigenvalue weighted by Gasteiger charge is 2.07. The Morgan fingerprint density at radius 3 is 2.79 bits per heavy atom. The van der Waals surface area contributed by atoms with Gasteiger partial charge in [0.05, 0.1) is 0 Å².